The minimum absolute atomic E-state index is 0.689. The highest BCUT2D eigenvalue weighted by molar-refractivity contribution is 7.18. The molecule has 0 aromatic carbocycles. The molecule has 0 aliphatic carbocycles. The van der Waals surface area contributed by atoms with E-state index >= 15 is 0 Å². The fourth-order valence-electron chi connectivity index (χ4n) is 1.98. The summed E-state index contributed by atoms with van der Waals surface area (Å²) in [6, 6.07) is 2.22. The number of hydrogen-bond donors (Lipinski definition) is 0. The highest BCUT2D eigenvalue weighted by Gasteiger charge is 2.12. The van der Waals surface area contributed by atoms with Crippen LogP contribution in [0, 0.1) is 0 Å². The van der Waals surface area contributed by atoms with Gasteiger partial charge in [-0.25, -0.2) is 9.97 Å². The first-order valence-corrected chi connectivity index (χ1v) is 7.69. The maximum atomic E-state index is 5.78. The van der Waals surface area contributed by atoms with Gasteiger partial charge in [-0.1, -0.05) is 6.92 Å². The van der Waals surface area contributed by atoms with Crippen molar-refractivity contribution in [2.24, 2.45) is 0 Å². The average Bonchev–Trinajstić information content (AvgIpc) is 2.83. The first kappa shape index (κ1) is 13.6. The van der Waals surface area contributed by atoms with Gasteiger partial charge in [-0.15, -0.1) is 22.9 Å². The fraction of sp³-hybridized carbons (Fsp3) is 0.538. The van der Waals surface area contributed by atoms with Crippen molar-refractivity contribution >= 4 is 39.0 Å². The van der Waals surface area contributed by atoms with E-state index in [0.717, 1.165) is 36.6 Å². The van der Waals surface area contributed by atoms with Gasteiger partial charge in [0.2, 0.25) is 0 Å². The van der Waals surface area contributed by atoms with Gasteiger partial charge in [-0.05, 0) is 25.8 Å². The van der Waals surface area contributed by atoms with Gasteiger partial charge in [0.25, 0.3) is 0 Å². The lowest BCUT2D eigenvalue weighted by atomic mass is 10.3. The zero-order valence-corrected chi connectivity index (χ0v) is 12.4. The van der Waals surface area contributed by atoms with E-state index in [1.165, 1.54) is 10.3 Å². The summed E-state index contributed by atoms with van der Waals surface area (Å²) < 4.78 is 0. The van der Waals surface area contributed by atoms with Crippen LogP contribution in [0.1, 0.15) is 25.1 Å². The summed E-state index contributed by atoms with van der Waals surface area (Å²) in [7, 11) is 0. The van der Waals surface area contributed by atoms with Gasteiger partial charge >= 0.3 is 0 Å². The van der Waals surface area contributed by atoms with E-state index in [-0.39, 0.29) is 0 Å². The molecule has 0 amide bonds. The molecule has 18 heavy (non-hydrogen) atoms. The highest BCUT2D eigenvalue weighted by atomic mass is 35.5. The summed E-state index contributed by atoms with van der Waals surface area (Å²) in [5.74, 6) is 1.73. The normalized spacial score (nSPS) is 11.1. The summed E-state index contributed by atoms with van der Waals surface area (Å²) in [5.41, 5.74) is 0. The lowest BCUT2D eigenvalue weighted by molar-refractivity contribution is 0.784. The van der Waals surface area contributed by atoms with Crippen LogP contribution in [-0.4, -0.2) is 28.9 Å². The van der Waals surface area contributed by atoms with E-state index < -0.39 is 0 Å². The van der Waals surface area contributed by atoms with Crippen LogP contribution in [0.4, 0.5) is 5.82 Å². The molecule has 0 aliphatic rings. The van der Waals surface area contributed by atoms with Crippen LogP contribution in [0.2, 0.25) is 0 Å². The molecular weight excluding hydrogens is 266 g/mol. The van der Waals surface area contributed by atoms with Crippen molar-refractivity contribution in [3.8, 4) is 0 Å². The SMILES string of the molecule is CCc1cc2c(N(CC)CCCCl)ncnc2s1. The Balaban J connectivity index is 2.38. The molecule has 98 valence electrons. The molecule has 3 nitrogen and oxygen atoms in total. The van der Waals surface area contributed by atoms with Crippen molar-refractivity contribution in [1.82, 2.24) is 9.97 Å². The van der Waals surface area contributed by atoms with Gasteiger partial charge in [0, 0.05) is 23.8 Å². The van der Waals surface area contributed by atoms with E-state index in [1.54, 1.807) is 17.7 Å². The molecule has 2 rings (SSSR count). The van der Waals surface area contributed by atoms with Gasteiger partial charge < -0.3 is 4.90 Å². The molecule has 0 saturated carbocycles. The van der Waals surface area contributed by atoms with E-state index in [1.807, 2.05) is 0 Å². The Bertz CT molecular complexity index is 512. The van der Waals surface area contributed by atoms with E-state index in [4.69, 9.17) is 11.6 Å². The van der Waals surface area contributed by atoms with Gasteiger partial charge in [0.05, 0.1) is 5.39 Å². The molecule has 0 atom stereocenters. The van der Waals surface area contributed by atoms with Crippen molar-refractivity contribution in [2.75, 3.05) is 23.9 Å². The molecular formula is C13H18ClN3S. The number of thiophene rings is 1. The molecule has 0 N–H and O–H groups in total. The third-order valence-corrected chi connectivity index (χ3v) is 4.41. The summed E-state index contributed by atoms with van der Waals surface area (Å²) in [4.78, 5) is 13.5. The van der Waals surface area contributed by atoms with Gasteiger partial charge in [0.15, 0.2) is 0 Å². The second-order valence-corrected chi connectivity index (χ2v) is 5.60. The van der Waals surface area contributed by atoms with Crippen molar-refractivity contribution < 1.29 is 0 Å². The summed E-state index contributed by atoms with van der Waals surface area (Å²) in [5, 5.41) is 1.18. The molecule has 5 heteroatoms. The van der Waals surface area contributed by atoms with Crippen LogP contribution < -0.4 is 4.90 Å². The molecule has 2 aromatic heterocycles. The predicted octanol–water partition coefficient (Wildman–Crippen LogP) is 3.71. The van der Waals surface area contributed by atoms with Gasteiger partial charge in [0.1, 0.15) is 17.0 Å². The van der Waals surface area contributed by atoms with Crippen LogP contribution in [0.15, 0.2) is 12.4 Å². The summed E-state index contributed by atoms with van der Waals surface area (Å²) in [6.07, 6.45) is 3.69. The molecule has 0 bridgehead atoms. The Morgan fingerprint density at radius 1 is 1.33 bits per heavy atom. The minimum atomic E-state index is 0.689. The standard InChI is InChI=1S/C13H18ClN3S/c1-3-10-8-11-12(15-9-16-13(11)18-10)17(4-2)7-5-6-14/h8-9H,3-7H2,1-2H3. The van der Waals surface area contributed by atoms with E-state index in [2.05, 4.69) is 34.8 Å². The third-order valence-electron chi connectivity index (χ3n) is 2.95. The Morgan fingerprint density at radius 3 is 2.83 bits per heavy atom. The molecule has 0 fully saturated rings. The third kappa shape index (κ3) is 2.75. The average molecular weight is 284 g/mol. The predicted molar refractivity (Wildman–Crippen MR) is 80.0 cm³/mol. The summed E-state index contributed by atoms with van der Waals surface area (Å²) in [6.45, 7) is 6.21. The van der Waals surface area contributed by atoms with Crippen molar-refractivity contribution in [3.63, 3.8) is 0 Å². The molecule has 0 aliphatic heterocycles. The Kier molecular flexibility index (Phi) is 4.78. The number of anilines is 1. The monoisotopic (exact) mass is 283 g/mol. The number of hydrogen-bond acceptors (Lipinski definition) is 4. The largest absolute Gasteiger partial charge is 0.356 e. The number of fused-ring (bicyclic) bond motifs is 1. The Labute approximate surface area is 117 Å². The van der Waals surface area contributed by atoms with Crippen LogP contribution in [0.25, 0.3) is 10.2 Å². The quantitative estimate of drug-likeness (QED) is 0.757. The first-order chi connectivity index (χ1) is 8.80. The molecule has 2 aromatic rings. The van der Waals surface area contributed by atoms with Crippen LogP contribution in [-0.2, 0) is 6.42 Å². The molecule has 0 unspecified atom stereocenters. The second kappa shape index (κ2) is 6.34. The minimum Gasteiger partial charge on any atom is -0.356 e. The lowest BCUT2D eigenvalue weighted by Crippen LogP contribution is -2.25. The number of nitrogens with zero attached hydrogens (tertiary/aromatic N) is 3. The molecule has 0 spiro atoms. The zero-order valence-electron chi connectivity index (χ0n) is 10.8. The van der Waals surface area contributed by atoms with E-state index in [9.17, 15) is 0 Å². The Morgan fingerprint density at radius 2 is 2.17 bits per heavy atom. The molecule has 2 heterocycles. The summed E-state index contributed by atoms with van der Waals surface area (Å²) >= 11 is 7.54. The van der Waals surface area contributed by atoms with Crippen molar-refractivity contribution in [2.45, 2.75) is 26.7 Å². The molecule has 0 radical (unpaired) electrons. The maximum absolute atomic E-state index is 5.78. The van der Waals surface area contributed by atoms with Crippen LogP contribution >= 0.6 is 22.9 Å². The van der Waals surface area contributed by atoms with Crippen molar-refractivity contribution in [3.05, 3.63) is 17.3 Å². The second-order valence-electron chi connectivity index (χ2n) is 4.10. The number of rotatable bonds is 6. The highest BCUT2D eigenvalue weighted by Crippen LogP contribution is 2.30. The van der Waals surface area contributed by atoms with Crippen LogP contribution in [0.3, 0.4) is 0 Å². The maximum Gasteiger partial charge on any atom is 0.140 e. The topological polar surface area (TPSA) is 29.0 Å². The van der Waals surface area contributed by atoms with Crippen molar-refractivity contribution in [1.29, 1.82) is 0 Å². The fourth-order valence-corrected chi connectivity index (χ4v) is 3.03. The molecule has 0 saturated heterocycles. The smallest absolute Gasteiger partial charge is 0.140 e. The number of aryl methyl sites for hydroxylation is 1. The van der Waals surface area contributed by atoms with Gasteiger partial charge in [-0.2, -0.15) is 0 Å². The first-order valence-electron chi connectivity index (χ1n) is 6.34. The number of halogens is 1. The zero-order chi connectivity index (χ0) is 13.0. The number of aromatic nitrogens is 2. The Hall–Kier alpha value is -0.870. The van der Waals surface area contributed by atoms with Gasteiger partial charge in [-0.3, -0.25) is 0 Å². The number of alkyl halides is 1. The van der Waals surface area contributed by atoms with E-state index in [0.29, 0.717) is 5.88 Å². The lowest BCUT2D eigenvalue weighted by Gasteiger charge is -2.21. The van der Waals surface area contributed by atoms with Crippen LogP contribution in [0.5, 0.6) is 0 Å².